The lowest BCUT2D eigenvalue weighted by Gasteiger charge is -2.28. The average molecular weight is 481 g/mol. The maximum absolute atomic E-state index is 10.6. The number of nitrogens with one attached hydrogen (secondary N) is 1. The number of aryl methyl sites for hydroxylation is 3. The Bertz CT molecular complexity index is 1180. The number of ether oxygens (including phenoxy) is 1. The van der Waals surface area contributed by atoms with Crippen LogP contribution in [0.3, 0.4) is 0 Å². The van der Waals surface area contributed by atoms with Crippen molar-refractivity contribution < 1.29 is 14.6 Å². The van der Waals surface area contributed by atoms with Crippen molar-refractivity contribution in [3.63, 3.8) is 0 Å². The van der Waals surface area contributed by atoms with E-state index in [1.165, 1.54) is 0 Å². The Morgan fingerprint density at radius 2 is 1.97 bits per heavy atom. The second-order valence-electron chi connectivity index (χ2n) is 8.24. The molecule has 0 atom stereocenters. The van der Waals surface area contributed by atoms with Crippen molar-refractivity contribution in [1.29, 1.82) is 5.26 Å². The zero-order valence-electron chi connectivity index (χ0n) is 19.7. The van der Waals surface area contributed by atoms with Gasteiger partial charge in [-0.15, -0.1) is 0 Å². The molecule has 0 aliphatic rings. The lowest BCUT2D eigenvalue weighted by atomic mass is 10.00. The number of nitrogens with zero attached hydrogens (tertiary/aromatic N) is 3. The summed E-state index contributed by atoms with van der Waals surface area (Å²) in [5.74, 6) is -0.956. The summed E-state index contributed by atoms with van der Waals surface area (Å²) >= 11 is 6.37. The Kier molecular flexibility index (Phi) is 8.69. The minimum Gasteiger partial charge on any atom is -0.480 e. The van der Waals surface area contributed by atoms with Crippen LogP contribution in [0.1, 0.15) is 41.8 Å². The Hall–Kier alpha value is -3.34. The van der Waals surface area contributed by atoms with E-state index >= 15 is 0 Å². The van der Waals surface area contributed by atoms with E-state index in [1.807, 2.05) is 26.0 Å². The highest BCUT2D eigenvalue weighted by Crippen LogP contribution is 2.36. The number of nitriles is 1. The van der Waals surface area contributed by atoms with Gasteiger partial charge in [0.15, 0.2) is 0 Å². The minimum absolute atomic E-state index is 0.269. The van der Waals surface area contributed by atoms with Crippen LogP contribution in [0.2, 0.25) is 5.02 Å². The highest BCUT2D eigenvalue weighted by atomic mass is 35.5. The standard InChI is InChI=1S/C26H29ClN4O3/c1-17-7-8-20(26-18(2)29-30-19(26)3)13-24(17)31(11-5-4-6-12-34-16-25(32)33)22-10-9-21(15-28)23(27)14-22/h7-10,13-14H,4-6,11-12,16H2,1-3H3,(H,29,30)(H,32,33). The first-order valence-corrected chi connectivity index (χ1v) is 11.6. The van der Waals surface area contributed by atoms with Crippen LogP contribution in [0.15, 0.2) is 36.4 Å². The number of carboxylic acids is 1. The van der Waals surface area contributed by atoms with E-state index < -0.39 is 5.97 Å². The predicted octanol–water partition coefficient (Wildman–Crippen LogP) is 5.94. The molecule has 0 spiro atoms. The molecular weight excluding hydrogens is 452 g/mol. The molecule has 0 bridgehead atoms. The van der Waals surface area contributed by atoms with Gasteiger partial charge >= 0.3 is 5.97 Å². The molecule has 1 heterocycles. The van der Waals surface area contributed by atoms with Crippen LogP contribution in [0.4, 0.5) is 11.4 Å². The number of hydrogen-bond donors (Lipinski definition) is 2. The molecule has 2 N–H and O–H groups in total. The van der Waals surface area contributed by atoms with Gasteiger partial charge in [0.2, 0.25) is 0 Å². The van der Waals surface area contributed by atoms with Gasteiger partial charge in [-0.25, -0.2) is 4.79 Å². The summed E-state index contributed by atoms with van der Waals surface area (Å²) < 4.78 is 5.14. The van der Waals surface area contributed by atoms with Crippen molar-refractivity contribution in [3.05, 3.63) is 63.9 Å². The molecule has 0 saturated heterocycles. The molecule has 0 amide bonds. The number of aromatic nitrogens is 2. The lowest BCUT2D eigenvalue weighted by molar-refractivity contribution is -0.142. The number of H-pyrrole nitrogens is 1. The van der Waals surface area contributed by atoms with Crippen molar-refractivity contribution in [3.8, 4) is 17.2 Å². The summed E-state index contributed by atoms with van der Waals surface area (Å²) in [6.07, 6.45) is 2.54. The van der Waals surface area contributed by atoms with Crippen LogP contribution < -0.4 is 4.90 Å². The third kappa shape index (κ3) is 6.16. The van der Waals surface area contributed by atoms with Gasteiger partial charge in [0.25, 0.3) is 0 Å². The Morgan fingerprint density at radius 3 is 2.62 bits per heavy atom. The van der Waals surface area contributed by atoms with Crippen LogP contribution in [-0.2, 0) is 9.53 Å². The van der Waals surface area contributed by atoms with Crippen LogP contribution in [0, 0.1) is 32.1 Å². The fraction of sp³-hybridized carbons (Fsp3) is 0.346. The van der Waals surface area contributed by atoms with Crippen molar-refractivity contribution in [1.82, 2.24) is 10.2 Å². The molecule has 0 unspecified atom stereocenters. The topological polar surface area (TPSA) is 102 Å². The van der Waals surface area contributed by atoms with E-state index in [1.54, 1.807) is 6.07 Å². The fourth-order valence-electron chi connectivity index (χ4n) is 3.99. The summed E-state index contributed by atoms with van der Waals surface area (Å²) in [5.41, 5.74) is 7.66. The number of anilines is 2. The smallest absolute Gasteiger partial charge is 0.329 e. The first-order valence-electron chi connectivity index (χ1n) is 11.2. The maximum Gasteiger partial charge on any atom is 0.329 e. The summed E-state index contributed by atoms with van der Waals surface area (Å²) in [6, 6.07) is 14.0. The molecule has 0 aliphatic carbocycles. The minimum atomic E-state index is -0.956. The SMILES string of the molecule is Cc1ccc(-c2c(C)n[nH]c2C)cc1N(CCCCCOCC(=O)O)c1ccc(C#N)c(Cl)c1. The number of unbranched alkanes of at least 4 members (excludes halogenated alkanes) is 2. The molecule has 3 rings (SSSR count). The number of carboxylic acid groups (broad SMARTS) is 1. The van der Waals surface area contributed by atoms with Crippen molar-refractivity contribution in [2.24, 2.45) is 0 Å². The second kappa shape index (κ2) is 11.7. The molecule has 2 aromatic carbocycles. The van der Waals surface area contributed by atoms with Gasteiger partial charge in [-0.1, -0.05) is 23.7 Å². The number of hydrogen-bond acceptors (Lipinski definition) is 5. The first kappa shape index (κ1) is 25.3. The number of halogens is 1. The van der Waals surface area contributed by atoms with E-state index in [2.05, 4.69) is 46.3 Å². The monoisotopic (exact) mass is 480 g/mol. The Morgan fingerprint density at radius 1 is 1.18 bits per heavy atom. The van der Waals surface area contributed by atoms with Gasteiger partial charge in [-0.05, 0) is 75.4 Å². The summed E-state index contributed by atoms with van der Waals surface area (Å²) in [6.45, 7) is 6.96. The van der Waals surface area contributed by atoms with Crippen LogP contribution in [-0.4, -0.2) is 41.0 Å². The molecular formula is C26H29ClN4O3. The van der Waals surface area contributed by atoms with Crippen molar-refractivity contribution in [2.75, 3.05) is 24.7 Å². The number of aromatic amines is 1. The molecule has 0 fully saturated rings. The zero-order chi connectivity index (χ0) is 24.7. The molecule has 0 saturated carbocycles. The third-order valence-electron chi connectivity index (χ3n) is 5.70. The van der Waals surface area contributed by atoms with E-state index in [0.29, 0.717) is 17.2 Å². The summed E-state index contributed by atoms with van der Waals surface area (Å²) in [7, 11) is 0. The molecule has 34 heavy (non-hydrogen) atoms. The maximum atomic E-state index is 10.6. The average Bonchev–Trinajstić information content (AvgIpc) is 3.14. The van der Waals surface area contributed by atoms with E-state index in [-0.39, 0.29) is 6.61 Å². The zero-order valence-corrected chi connectivity index (χ0v) is 20.4. The largest absolute Gasteiger partial charge is 0.480 e. The number of carbonyl (C=O) groups is 1. The third-order valence-corrected chi connectivity index (χ3v) is 6.01. The Labute approximate surface area is 204 Å². The van der Waals surface area contributed by atoms with Gasteiger partial charge in [0.1, 0.15) is 12.7 Å². The normalized spacial score (nSPS) is 10.8. The molecule has 3 aromatic rings. The second-order valence-corrected chi connectivity index (χ2v) is 8.65. The van der Waals surface area contributed by atoms with Gasteiger partial charge in [-0.3, -0.25) is 5.10 Å². The van der Waals surface area contributed by atoms with Crippen LogP contribution >= 0.6 is 11.6 Å². The van der Waals surface area contributed by atoms with Crippen molar-refractivity contribution in [2.45, 2.75) is 40.0 Å². The molecule has 1 aromatic heterocycles. The molecule has 8 heteroatoms. The molecule has 7 nitrogen and oxygen atoms in total. The predicted molar refractivity (Wildman–Crippen MR) is 134 cm³/mol. The van der Waals surface area contributed by atoms with Crippen LogP contribution in [0.25, 0.3) is 11.1 Å². The number of aliphatic carboxylic acids is 1. The van der Waals surface area contributed by atoms with E-state index in [0.717, 1.165) is 65.3 Å². The van der Waals surface area contributed by atoms with Gasteiger partial charge in [0.05, 0.1) is 16.3 Å². The van der Waals surface area contributed by atoms with Crippen molar-refractivity contribution >= 4 is 28.9 Å². The molecule has 0 radical (unpaired) electrons. The highest BCUT2D eigenvalue weighted by molar-refractivity contribution is 6.32. The van der Waals surface area contributed by atoms with Gasteiger partial charge in [-0.2, -0.15) is 10.4 Å². The number of benzene rings is 2. The van der Waals surface area contributed by atoms with Crippen LogP contribution in [0.5, 0.6) is 0 Å². The quantitative estimate of drug-likeness (QED) is 0.329. The fourth-order valence-corrected chi connectivity index (χ4v) is 4.21. The van der Waals surface area contributed by atoms with Gasteiger partial charge < -0.3 is 14.7 Å². The summed E-state index contributed by atoms with van der Waals surface area (Å²) in [4.78, 5) is 12.8. The Balaban J connectivity index is 1.88. The van der Waals surface area contributed by atoms with Gasteiger partial charge in [0, 0.05) is 35.8 Å². The molecule has 0 aliphatic heterocycles. The highest BCUT2D eigenvalue weighted by Gasteiger charge is 2.17. The van der Waals surface area contributed by atoms with E-state index in [4.69, 9.17) is 21.4 Å². The lowest BCUT2D eigenvalue weighted by Crippen LogP contribution is -2.20. The number of rotatable bonds is 11. The first-order chi connectivity index (χ1) is 16.3. The van der Waals surface area contributed by atoms with E-state index in [9.17, 15) is 10.1 Å². The summed E-state index contributed by atoms with van der Waals surface area (Å²) in [5, 5.41) is 25.8. The molecule has 178 valence electrons.